The van der Waals surface area contributed by atoms with E-state index in [1.54, 1.807) is 4.57 Å². The van der Waals surface area contributed by atoms with Crippen LogP contribution in [0.4, 0.5) is 0 Å². The molecule has 3 aromatic rings. The molecule has 1 aromatic carbocycles. The Morgan fingerprint density at radius 1 is 1.03 bits per heavy atom. The van der Waals surface area contributed by atoms with Gasteiger partial charge in [0.1, 0.15) is 17.0 Å². The van der Waals surface area contributed by atoms with Crippen LogP contribution in [-0.2, 0) is 6.54 Å². The van der Waals surface area contributed by atoms with Gasteiger partial charge in [-0.2, -0.15) is 0 Å². The molecule has 2 aromatic heterocycles. The van der Waals surface area contributed by atoms with Gasteiger partial charge in [-0.25, -0.2) is 4.98 Å². The Morgan fingerprint density at radius 3 is 2.27 bits per heavy atom. The molecule has 0 aliphatic carbocycles. The summed E-state index contributed by atoms with van der Waals surface area (Å²) in [6.45, 7) is 8.34. The minimum absolute atomic E-state index is 0.0239. The number of aromatic nitrogens is 3. The second-order valence-corrected chi connectivity index (χ2v) is 7.94. The molecule has 2 amide bonds. The van der Waals surface area contributed by atoms with Crippen molar-refractivity contribution in [2.45, 2.75) is 40.3 Å². The number of amides is 2. The second-order valence-electron chi connectivity index (χ2n) is 7.94. The van der Waals surface area contributed by atoms with Crippen LogP contribution in [0.2, 0.25) is 0 Å². The predicted octanol–water partition coefficient (Wildman–Crippen LogP) is 2.62. The first-order valence-electron chi connectivity index (χ1n) is 10.0. The smallest absolute Gasteiger partial charge is 0.257 e. The zero-order valence-electron chi connectivity index (χ0n) is 17.7. The average Bonchev–Trinajstić information content (AvgIpc) is 3.13. The van der Waals surface area contributed by atoms with Crippen molar-refractivity contribution < 1.29 is 9.59 Å². The molecule has 0 fully saturated rings. The molecule has 0 atom stereocenters. The average molecular weight is 409 g/mol. The number of carbonyl (C=O) groups is 2. The largest absolute Gasteiger partial charge is 0.352 e. The zero-order chi connectivity index (χ0) is 21.8. The van der Waals surface area contributed by atoms with Gasteiger partial charge in [0.25, 0.3) is 11.8 Å². The van der Waals surface area contributed by atoms with E-state index in [4.69, 9.17) is 0 Å². The number of hydrogen-bond donors (Lipinski definition) is 3. The summed E-state index contributed by atoms with van der Waals surface area (Å²) in [5, 5.41) is 5.47. The second kappa shape index (κ2) is 8.94. The van der Waals surface area contributed by atoms with Crippen molar-refractivity contribution in [2.24, 2.45) is 5.92 Å². The fraction of sp³-hybridized carbons (Fsp3) is 0.364. The van der Waals surface area contributed by atoms with E-state index in [-0.39, 0.29) is 29.6 Å². The number of aromatic amines is 1. The lowest BCUT2D eigenvalue weighted by Gasteiger charge is -2.15. The molecule has 30 heavy (non-hydrogen) atoms. The van der Waals surface area contributed by atoms with E-state index in [9.17, 15) is 14.4 Å². The lowest BCUT2D eigenvalue weighted by Crippen LogP contribution is -2.36. The maximum atomic E-state index is 12.9. The molecule has 8 heteroatoms. The predicted molar refractivity (Wildman–Crippen MR) is 116 cm³/mol. The number of H-pyrrole nitrogens is 1. The Kier molecular flexibility index (Phi) is 6.34. The summed E-state index contributed by atoms with van der Waals surface area (Å²) in [4.78, 5) is 45.7. The van der Waals surface area contributed by atoms with Gasteiger partial charge in [0.05, 0.1) is 17.6 Å². The van der Waals surface area contributed by atoms with E-state index in [0.717, 1.165) is 11.0 Å². The maximum absolute atomic E-state index is 12.9. The molecule has 8 nitrogen and oxygen atoms in total. The molecule has 0 spiro atoms. The lowest BCUT2D eigenvalue weighted by atomic mass is 10.1. The number of imidazole rings is 1. The van der Waals surface area contributed by atoms with Gasteiger partial charge < -0.3 is 20.2 Å². The highest BCUT2D eigenvalue weighted by molar-refractivity contribution is 5.99. The molecular weight excluding hydrogens is 382 g/mol. The minimum Gasteiger partial charge on any atom is -0.352 e. The van der Waals surface area contributed by atoms with Crippen LogP contribution in [-0.4, -0.2) is 32.9 Å². The summed E-state index contributed by atoms with van der Waals surface area (Å²) in [6, 6.07) is 7.53. The van der Waals surface area contributed by atoms with Gasteiger partial charge in [-0.15, -0.1) is 0 Å². The molecule has 158 valence electrons. The van der Waals surface area contributed by atoms with Crippen LogP contribution in [0, 0.1) is 5.92 Å². The number of nitrogens with zero attached hydrogens (tertiary/aromatic N) is 2. The zero-order valence-corrected chi connectivity index (χ0v) is 17.7. The Balaban J connectivity index is 1.84. The fourth-order valence-corrected chi connectivity index (χ4v) is 2.96. The van der Waals surface area contributed by atoms with Crippen molar-refractivity contribution >= 4 is 22.8 Å². The first kappa shape index (κ1) is 21.3. The van der Waals surface area contributed by atoms with E-state index in [1.165, 1.54) is 12.4 Å². The third kappa shape index (κ3) is 4.76. The van der Waals surface area contributed by atoms with Crippen molar-refractivity contribution in [2.75, 3.05) is 6.54 Å². The summed E-state index contributed by atoms with van der Waals surface area (Å²) >= 11 is 0. The number of pyridine rings is 1. The highest BCUT2D eigenvalue weighted by atomic mass is 16.2. The topological polar surface area (TPSA) is 109 Å². The van der Waals surface area contributed by atoms with Crippen LogP contribution in [0.5, 0.6) is 0 Å². The molecular formula is C22H27N5O3. The van der Waals surface area contributed by atoms with Crippen LogP contribution in [0.15, 0.2) is 41.5 Å². The van der Waals surface area contributed by atoms with E-state index < -0.39 is 17.2 Å². The molecule has 0 aliphatic rings. The number of fused-ring (bicyclic) bond motifs is 1. The monoisotopic (exact) mass is 409 g/mol. The Labute approximate surface area is 174 Å². The van der Waals surface area contributed by atoms with Crippen molar-refractivity contribution in [1.82, 2.24) is 25.2 Å². The number of carbonyl (C=O) groups excluding carboxylic acids is 2. The van der Waals surface area contributed by atoms with Crippen molar-refractivity contribution in [3.63, 3.8) is 0 Å². The molecule has 0 aliphatic heterocycles. The number of benzene rings is 1. The van der Waals surface area contributed by atoms with Crippen molar-refractivity contribution in [1.29, 1.82) is 0 Å². The standard InChI is InChI=1S/C22H27N5O3/c1-13(2)9-23-21(29)15-11-27(14(3)4)12-16(20(15)28)22(30)24-10-19-25-17-7-5-6-8-18(17)26-19/h5-8,11-14H,9-10H2,1-4H3,(H,23,29)(H,24,30)(H,25,26). The number of para-hydroxylation sites is 2. The minimum atomic E-state index is -0.588. The van der Waals surface area contributed by atoms with E-state index >= 15 is 0 Å². The number of hydrogen-bond acceptors (Lipinski definition) is 4. The fourth-order valence-electron chi connectivity index (χ4n) is 2.96. The first-order valence-corrected chi connectivity index (χ1v) is 10.0. The van der Waals surface area contributed by atoms with E-state index in [1.807, 2.05) is 52.0 Å². The number of rotatable bonds is 7. The van der Waals surface area contributed by atoms with Gasteiger partial charge >= 0.3 is 0 Å². The van der Waals surface area contributed by atoms with Crippen molar-refractivity contribution in [3.8, 4) is 0 Å². The van der Waals surface area contributed by atoms with Gasteiger partial charge in [0, 0.05) is 25.0 Å². The summed E-state index contributed by atoms with van der Waals surface area (Å²) in [5.41, 5.74) is 0.966. The third-order valence-electron chi connectivity index (χ3n) is 4.66. The highest BCUT2D eigenvalue weighted by Gasteiger charge is 2.20. The van der Waals surface area contributed by atoms with E-state index in [2.05, 4.69) is 20.6 Å². The summed E-state index contributed by atoms with van der Waals surface area (Å²) in [6.07, 6.45) is 2.99. The van der Waals surface area contributed by atoms with Gasteiger partial charge in [0.15, 0.2) is 0 Å². The summed E-state index contributed by atoms with van der Waals surface area (Å²) < 4.78 is 1.70. The van der Waals surface area contributed by atoms with Crippen LogP contribution >= 0.6 is 0 Å². The lowest BCUT2D eigenvalue weighted by molar-refractivity contribution is 0.0946. The van der Waals surface area contributed by atoms with E-state index in [0.29, 0.717) is 12.4 Å². The quantitative estimate of drug-likeness (QED) is 0.557. The maximum Gasteiger partial charge on any atom is 0.257 e. The molecule has 0 unspecified atom stereocenters. The Hall–Kier alpha value is -3.42. The van der Waals surface area contributed by atoms with Crippen LogP contribution in [0.25, 0.3) is 11.0 Å². The Bertz CT molecular complexity index is 1090. The number of nitrogens with one attached hydrogen (secondary N) is 3. The molecule has 0 saturated carbocycles. The normalized spacial score (nSPS) is 11.3. The van der Waals surface area contributed by atoms with Crippen LogP contribution < -0.4 is 16.1 Å². The molecule has 0 radical (unpaired) electrons. The van der Waals surface area contributed by atoms with Gasteiger partial charge in [-0.05, 0) is 31.9 Å². The van der Waals surface area contributed by atoms with Gasteiger partial charge in [-0.3, -0.25) is 14.4 Å². The first-order chi connectivity index (χ1) is 14.3. The Morgan fingerprint density at radius 2 is 1.67 bits per heavy atom. The molecule has 2 heterocycles. The highest BCUT2D eigenvalue weighted by Crippen LogP contribution is 2.11. The molecule has 3 rings (SSSR count). The van der Waals surface area contributed by atoms with Crippen molar-refractivity contribution in [3.05, 3.63) is 63.8 Å². The molecule has 3 N–H and O–H groups in total. The summed E-state index contributed by atoms with van der Waals surface area (Å²) in [7, 11) is 0. The molecule has 0 bridgehead atoms. The van der Waals surface area contributed by atoms with Crippen LogP contribution in [0.3, 0.4) is 0 Å². The van der Waals surface area contributed by atoms with Crippen LogP contribution in [0.1, 0.15) is 60.3 Å². The van der Waals surface area contributed by atoms with Gasteiger partial charge in [-0.1, -0.05) is 26.0 Å². The summed E-state index contributed by atoms with van der Waals surface area (Å²) in [5.74, 6) is -0.195. The third-order valence-corrected chi connectivity index (χ3v) is 4.66. The van der Waals surface area contributed by atoms with Gasteiger partial charge in [0.2, 0.25) is 5.43 Å². The SMILES string of the molecule is CC(C)CNC(=O)c1cn(C(C)C)cc(C(=O)NCc2nc3ccccc3[nH]2)c1=O. The molecule has 0 saturated heterocycles.